The summed E-state index contributed by atoms with van der Waals surface area (Å²) in [5.41, 5.74) is 0. The molecule has 4 heteroatoms. The van der Waals surface area contributed by atoms with E-state index in [4.69, 9.17) is 0 Å². The van der Waals surface area contributed by atoms with Crippen molar-refractivity contribution in [1.29, 1.82) is 0 Å². The van der Waals surface area contributed by atoms with Gasteiger partial charge in [0, 0.05) is 12.6 Å². The molecule has 0 radical (unpaired) electrons. The van der Waals surface area contributed by atoms with Gasteiger partial charge >= 0.3 is 6.03 Å². The molecule has 1 unspecified atom stereocenters. The normalized spacial score (nSPS) is 23.4. The number of carbonyl (C=O) groups excluding carboxylic acids is 2. The Labute approximate surface area is 65.6 Å². The Morgan fingerprint density at radius 2 is 2.45 bits per heavy atom. The SMILES string of the molecule is CC1CCCN1C(=O)NC=O. The van der Waals surface area contributed by atoms with Gasteiger partial charge in [0.25, 0.3) is 0 Å². The largest absolute Gasteiger partial charge is 0.324 e. The lowest BCUT2D eigenvalue weighted by molar-refractivity contribution is -0.108. The van der Waals surface area contributed by atoms with Crippen molar-refractivity contribution in [1.82, 2.24) is 10.2 Å². The molecule has 0 aromatic heterocycles. The van der Waals surface area contributed by atoms with E-state index in [9.17, 15) is 9.59 Å². The van der Waals surface area contributed by atoms with E-state index in [-0.39, 0.29) is 12.1 Å². The lowest BCUT2D eigenvalue weighted by atomic mass is 10.2. The number of amides is 3. The second-order valence-corrected chi connectivity index (χ2v) is 2.75. The number of hydrogen-bond donors (Lipinski definition) is 1. The van der Waals surface area contributed by atoms with Gasteiger partial charge in [0.2, 0.25) is 6.41 Å². The molecule has 11 heavy (non-hydrogen) atoms. The van der Waals surface area contributed by atoms with E-state index in [0.29, 0.717) is 6.41 Å². The maximum Gasteiger partial charge on any atom is 0.324 e. The van der Waals surface area contributed by atoms with Crippen LogP contribution in [0, 0.1) is 0 Å². The summed E-state index contributed by atoms with van der Waals surface area (Å²) in [5, 5.41) is 2.12. The zero-order valence-electron chi connectivity index (χ0n) is 6.54. The fraction of sp³-hybridized carbons (Fsp3) is 0.714. The average Bonchev–Trinajstić information content (AvgIpc) is 2.36. The van der Waals surface area contributed by atoms with Crippen LogP contribution >= 0.6 is 0 Å². The van der Waals surface area contributed by atoms with Gasteiger partial charge in [0.1, 0.15) is 0 Å². The van der Waals surface area contributed by atoms with E-state index in [1.165, 1.54) is 0 Å². The van der Waals surface area contributed by atoms with Crippen LogP contribution in [0.25, 0.3) is 0 Å². The summed E-state index contributed by atoms with van der Waals surface area (Å²) < 4.78 is 0. The zero-order valence-corrected chi connectivity index (χ0v) is 6.54. The van der Waals surface area contributed by atoms with Crippen LogP contribution in [0.5, 0.6) is 0 Å². The first kappa shape index (κ1) is 8.04. The van der Waals surface area contributed by atoms with Crippen LogP contribution in [0.3, 0.4) is 0 Å². The molecule has 0 aliphatic carbocycles. The molecule has 1 saturated heterocycles. The predicted octanol–water partition coefficient (Wildman–Crippen LogP) is 0.337. The first-order valence-corrected chi connectivity index (χ1v) is 3.76. The number of hydrogen-bond acceptors (Lipinski definition) is 2. The summed E-state index contributed by atoms with van der Waals surface area (Å²) in [7, 11) is 0. The van der Waals surface area contributed by atoms with Crippen molar-refractivity contribution in [3.63, 3.8) is 0 Å². The van der Waals surface area contributed by atoms with E-state index in [2.05, 4.69) is 5.32 Å². The summed E-state index contributed by atoms with van der Waals surface area (Å²) in [6.07, 6.45) is 2.49. The number of carbonyl (C=O) groups is 2. The van der Waals surface area contributed by atoms with Crippen LogP contribution in [0.2, 0.25) is 0 Å². The van der Waals surface area contributed by atoms with E-state index < -0.39 is 0 Å². The molecule has 1 heterocycles. The van der Waals surface area contributed by atoms with Crippen molar-refractivity contribution in [3.8, 4) is 0 Å². The van der Waals surface area contributed by atoms with E-state index in [1.54, 1.807) is 4.90 Å². The molecule has 1 aliphatic rings. The number of imide groups is 1. The molecule has 0 spiro atoms. The van der Waals surface area contributed by atoms with E-state index in [1.807, 2.05) is 6.92 Å². The molecule has 1 rings (SSSR count). The summed E-state index contributed by atoms with van der Waals surface area (Å²) in [6, 6.07) is -0.0000463. The van der Waals surface area contributed by atoms with Gasteiger partial charge in [-0.3, -0.25) is 10.1 Å². The molecule has 1 N–H and O–H groups in total. The molecular weight excluding hydrogens is 144 g/mol. The van der Waals surface area contributed by atoms with Crippen molar-refractivity contribution in [2.45, 2.75) is 25.8 Å². The molecule has 4 nitrogen and oxygen atoms in total. The van der Waals surface area contributed by atoms with Crippen LogP contribution in [0.4, 0.5) is 4.79 Å². The minimum Gasteiger partial charge on any atom is -0.322 e. The van der Waals surface area contributed by atoms with E-state index in [0.717, 1.165) is 19.4 Å². The Morgan fingerprint density at radius 1 is 1.73 bits per heavy atom. The molecule has 1 atom stereocenters. The molecule has 3 amide bonds. The van der Waals surface area contributed by atoms with Gasteiger partial charge in [-0.05, 0) is 19.8 Å². The minimum absolute atomic E-state index is 0.273. The summed E-state index contributed by atoms with van der Waals surface area (Å²) in [4.78, 5) is 22.6. The van der Waals surface area contributed by atoms with Gasteiger partial charge < -0.3 is 4.90 Å². The predicted molar refractivity (Wildman–Crippen MR) is 40.0 cm³/mol. The quantitative estimate of drug-likeness (QED) is 0.556. The van der Waals surface area contributed by atoms with Crippen LogP contribution in [0.15, 0.2) is 0 Å². The third-order valence-electron chi connectivity index (χ3n) is 2.00. The number of nitrogens with zero attached hydrogens (tertiary/aromatic N) is 1. The van der Waals surface area contributed by atoms with Gasteiger partial charge in [-0.25, -0.2) is 4.79 Å². The summed E-state index contributed by atoms with van der Waals surface area (Å²) in [6.45, 7) is 2.75. The van der Waals surface area contributed by atoms with Gasteiger partial charge in [-0.15, -0.1) is 0 Å². The van der Waals surface area contributed by atoms with Crippen molar-refractivity contribution in [3.05, 3.63) is 0 Å². The van der Waals surface area contributed by atoms with E-state index >= 15 is 0 Å². The topological polar surface area (TPSA) is 49.4 Å². The summed E-state index contributed by atoms with van der Waals surface area (Å²) in [5.74, 6) is 0. The lowest BCUT2D eigenvalue weighted by Gasteiger charge is -2.19. The zero-order chi connectivity index (χ0) is 8.27. The first-order valence-electron chi connectivity index (χ1n) is 3.76. The highest BCUT2D eigenvalue weighted by Gasteiger charge is 2.24. The third kappa shape index (κ3) is 1.69. The molecule has 0 aromatic carbocycles. The highest BCUT2D eigenvalue weighted by Crippen LogP contribution is 2.15. The highest BCUT2D eigenvalue weighted by atomic mass is 16.2. The lowest BCUT2D eigenvalue weighted by Crippen LogP contribution is -2.40. The standard InChI is InChI=1S/C7H12N2O2/c1-6-3-2-4-9(6)7(11)8-5-10/h5-6H,2-4H2,1H3,(H,8,10,11). The molecule has 0 bridgehead atoms. The highest BCUT2D eigenvalue weighted by molar-refractivity contribution is 5.84. The fourth-order valence-electron chi connectivity index (χ4n) is 1.37. The van der Waals surface area contributed by atoms with Gasteiger partial charge in [0.15, 0.2) is 0 Å². The van der Waals surface area contributed by atoms with Crippen molar-refractivity contribution in [2.75, 3.05) is 6.54 Å². The summed E-state index contributed by atoms with van der Waals surface area (Å²) >= 11 is 0. The van der Waals surface area contributed by atoms with Crippen molar-refractivity contribution >= 4 is 12.4 Å². The van der Waals surface area contributed by atoms with Crippen LogP contribution in [0.1, 0.15) is 19.8 Å². The average molecular weight is 156 g/mol. The molecule has 0 aromatic rings. The maximum atomic E-state index is 11.0. The molecule has 1 fully saturated rings. The second-order valence-electron chi connectivity index (χ2n) is 2.75. The van der Waals surface area contributed by atoms with Gasteiger partial charge in [0.05, 0.1) is 0 Å². The number of nitrogens with one attached hydrogen (secondary N) is 1. The molecule has 1 aliphatic heterocycles. The Kier molecular flexibility index (Phi) is 2.46. The van der Waals surface area contributed by atoms with Crippen molar-refractivity contribution in [2.24, 2.45) is 0 Å². The van der Waals surface area contributed by atoms with Crippen LogP contribution in [-0.4, -0.2) is 29.9 Å². The molecule has 62 valence electrons. The Bertz CT molecular complexity index is 170. The number of rotatable bonds is 1. The maximum absolute atomic E-state index is 11.0. The number of likely N-dealkylation sites (tertiary alicyclic amines) is 1. The van der Waals surface area contributed by atoms with Crippen LogP contribution in [-0.2, 0) is 4.79 Å². The van der Waals surface area contributed by atoms with Crippen LogP contribution < -0.4 is 5.32 Å². The Morgan fingerprint density at radius 3 is 2.91 bits per heavy atom. The second kappa shape index (κ2) is 3.37. The third-order valence-corrected chi connectivity index (χ3v) is 2.00. The smallest absolute Gasteiger partial charge is 0.322 e. The first-order chi connectivity index (χ1) is 5.25. The Hall–Kier alpha value is -1.06. The Balaban J connectivity index is 2.45. The van der Waals surface area contributed by atoms with Gasteiger partial charge in [-0.2, -0.15) is 0 Å². The fourth-order valence-corrected chi connectivity index (χ4v) is 1.37. The van der Waals surface area contributed by atoms with Gasteiger partial charge in [-0.1, -0.05) is 0 Å². The van der Waals surface area contributed by atoms with Crippen molar-refractivity contribution < 1.29 is 9.59 Å². The minimum atomic E-state index is -0.273. The molecule has 0 saturated carbocycles. The number of urea groups is 1. The molecular formula is C7H12N2O2. The monoisotopic (exact) mass is 156 g/mol.